The zero-order valence-electron chi connectivity index (χ0n) is 11.1. The second-order valence-corrected chi connectivity index (χ2v) is 5.56. The number of hydrogen-bond acceptors (Lipinski definition) is 3. The van der Waals surface area contributed by atoms with Crippen LogP contribution in [0.15, 0.2) is 36.4 Å². The maximum Gasteiger partial charge on any atom is 0.340 e. The molecule has 0 atom stereocenters. The fraction of sp³-hybridized carbons (Fsp3) is 0.0667. The van der Waals surface area contributed by atoms with Gasteiger partial charge < -0.3 is 10.4 Å². The highest BCUT2D eigenvalue weighted by atomic mass is 32.1. The minimum absolute atomic E-state index is 0.0699. The number of amides is 1. The molecule has 4 nitrogen and oxygen atoms in total. The van der Waals surface area contributed by atoms with Crippen molar-refractivity contribution in [2.75, 3.05) is 5.32 Å². The average molecular weight is 305 g/mol. The first kappa shape index (κ1) is 14.9. The lowest BCUT2D eigenvalue weighted by Crippen LogP contribution is -2.13. The number of carbonyl (C=O) groups is 2. The Balaban J connectivity index is 2.15. The number of benzene rings is 1. The van der Waals surface area contributed by atoms with Crippen LogP contribution in [0.1, 0.15) is 20.1 Å². The molecule has 1 aromatic carbocycles. The lowest BCUT2D eigenvalue weighted by molar-refractivity contribution is -0.111. The molecule has 2 rings (SSSR count). The van der Waals surface area contributed by atoms with Crippen LogP contribution < -0.4 is 5.32 Å². The number of carboxylic acid groups (broad SMARTS) is 1. The van der Waals surface area contributed by atoms with Crippen molar-refractivity contribution in [1.29, 1.82) is 0 Å². The Morgan fingerprint density at radius 2 is 2.05 bits per heavy atom. The van der Waals surface area contributed by atoms with Crippen LogP contribution in [0.4, 0.5) is 10.1 Å². The molecule has 0 bridgehead atoms. The van der Waals surface area contributed by atoms with E-state index in [1.54, 1.807) is 6.08 Å². The number of hydrogen-bond donors (Lipinski definition) is 2. The van der Waals surface area contributed by atoms with Crippen LogP contribution in [0.3, 0.4) is 0 Å². The summed E-state index contributed by atoms with van der Waals surface area (Å²) in [6.07, 6.45) is 2.90. The van der Waals surface area contributed by atoms with Crippen molar-refractivity contribution in [1.82, 2.24) is 0 Å². The third-order valence-corrected chi connectivity index (χ3v) is 3.61. The first-order chi connectivity index (χ1) is 9.97. The summed E-state index contributed by atoms with van der Waals surface area (Å²) in [5, 5.41) is 11.3. The van der Waals surface area contributed by atoms with Crippen molar-refractivity contribution in [2.45, 2.75) is 6.92 Å². The first-order valence-electron chi connectivity index (χ1n) is 6.04. The molecule has 108 valence electrons. The maximum absolute atomic E-state index is 13.5. The molecule has 1 aromatic heterocycles. The summed E-state index contributed by atoms with van der Waals surface area (Å²) in [5.41, 5.74) is -0.620. The molecule has 0 aliphatic carbocycles. The molecular weight excluding hydrogens is 293 g/mol. The lowest BCUT2D eigenvalue weighted by atomic mass is 10.1. The molecule has 2 aromatic rings. The number of anilines is 1. The molecule has 0 unspecified atom stereocenters. The molecule has 0 spiro atoms. The van der Waals surface area contributed by atoms with Crippen LogP contribution in [0, 0.1) is 12.7 Å². The van der Waals surface area contributed by atoms with Gasteiger partial charge in [-0.15, -0.1) is 11.3 Å². The molecular formula is C15H12FNO3S. The molecule has 1 amide bonds. The van der Waals surface area contributed by atoms with E-state index in [0.717, 1.165) is 15.8 Å². The molecule has 0 saturated heterocycles. The van der Waals surface area contributed by atoms with Crippen molar-refractivity contribution < 1.29 is 19.1 Å². The van der Waals surface area contributed by atoms with E-state index in [2.05, 4.69) is 5.32 Å². The summed E-state index contributed by atoms with van der Waals surface area (Å²) in [6.45, 7) is 1.95. The highest BCUT2D eigenvalue weighted by molar-refractivity contribution is 7.12. The van der Waals surface area contributed by atoms with Crippen LogP contribution in [-0.2, 0) is 4.79 Å². The smallest absolute Gasteiger partial charge is 0.340 e. The van der Waals surface area contributed by atoms with E-state index in [4.69, 9.17) is 5.11 Å². The van der Waals surface area contributed by atoms with Crippen molar-refractivity contribution in [3.63, 3.8) is 0 Å². The lowest BCUT2D eigenvalue weighted by Gasteiger charge is -2.06. The summed E-state index contributed by atoms with van der Waals surface area (Å²) in [6, 6.07) is 7.51. The van der Waals surface area contributed by atoms with Crippen molar-refractivity contribution in [3.05, 3.63) is 57.5 Å². The number of nitrogens with one attached hydrogen (secondary N) is 1. The molecule has 6 heteroatoms. The molecule has 0 aliphatic rings. The summed E-state index contributed by atoms with van der Waals surface area (Å²) in [5.74, 6) is -2.84. The van der Waals surface area contributed by atoms with Gasteiger partial charge in [0.15, 0.2) is 0 Å². The Bertz CT molecular complexity index is 721. The third kappa shape index (κ3) is 3.76. The van der Waals surface area contributed by atoms with Crippen molar-refractivity contribution in [2.24, 2.45) is 0 Å². The third-order valence-electron chi connectivity index (χ3n) is 2.65. The zero-order valence-corrected chi connectivity index (χ0v) is 11.9. The van der Waals surface area contributed by atoms with Crippen LogP contribution >= 0.6 is 11.3 Å². The van der Waals surface area contributed by atoms with Gasteiger partial charge in [-0.25, -0.2) is 9.18 Å². The Morgan fingerprint density at radius 3 is 2.67 bits per heavy atom. The number of thiophene rings is 1. The minimum atomic E-state index is -1.43. The average Bonchev–Trinajstić information content (AvgIpc) is 2.82. The molecule has 21 heavy (non-hydrogen) atoms. The SMILES string of the molecule is Cc1ccc(/C=C/C(=O)Nc2cccc(F)c2C(=O)O)s1. The number of aryl methyl sites for hydroxylation is 1. The largest absolute Gasteiger partial charge is 0.478 e. The van der Waals surface area contributed by atoms with Crippen LogP contribution in [-0.4, -0.2) is 17.0 Å². The normalized spacial score (nSPS) is 10.8. The quantitative estimate of drug-likeness (QED) is 0.849. The Hall–Kier alpha value is -2.47. The number of halogens is 1. The number of rotatable bonds is 4. The van der Waals surface area contributed by atoms with Gasteiger partial charge in [0.25, 0.3) is 0 Å². The van der Waals surface area contributed by atoms with E-state index in [-0.39, 0.29) is 5.69 Å². The second kappa shape index (κ2) is 6.32. The fourth-order valence-corrected chi connectivity index (χ4v) is 2.50. The predicted octanol–water partition coefficient (Wildman–Crippen LogP) is 3.55. The van der Waals surface area contributed by atoms with Crippen molar-refractivity contribution >= 4 is 35.0 Å². The van der Waals surface area contributed by atoms with E-state index < -0.39 is 23.3 Å². The number of carbonyl (C=O) groups excluding carboxylic acids is 1. The minimum Gasteiger partial charge on any atom is -0.478 e. The monoisotopic (exact) mass is 305 g/mol. The highest BCUT2D eigenvalue weighted by Crippen LogP contribution is 2.20. The number of aromatic carboxylic acids is 1. The van der Waals surface area contributed by atoms with Gasteiger partial charge >= 0.3 is 5.97 Å². The van der Waals surface area contributed by atoms with Crippen LogP contribution in [0.25, 0.3) is 6.08 Å². The van der Waals surface area contributed by atoms with Crippen molar-refractivity contribution in [3.8, 4) is 0 Å². The van der Waals surface area contributed by atoms with E-state index in [1.165, 1.54) is 29.5 Å². The molecule has 0 fully saturated rings. The first-order valence-corrected chi connectivity index (χ1v) is 6.86. The van der Waals surface area contributed by atoms with Crippen LogP contribution in [0.2, 0.25) is 0 Å². The topological polar surface area (TPSA) is 66.4 Å². The summed E-state index contributed by atoms with van der Waals surface area (Å²) in [4.78, 5) is 24.8. The molecule has 1 heterocycles. The summed E-state index contributed by atoms with van der Waals surface area (Å²) >= 11 is 1.53. The van der Waals surface area contributed by atoms with Gasteiger partial charge in [0.2, 0.25) is 5.91 Å². The second-order valence-electron chi connectivity index (χ2n) is 4.24. The van der Waals surface area contributed by atoms with E-state index in [0.29, 0.717) is 0 Å². The fourth-order valence-electron chi connectivity index (χ4n) is 1.72. The zero-order chi connectivity index (χ0) is 15.4. The number of carboxylic acids is 1. The van der Waals surface area contributed by atoms with Gasteiger partial charge in [0, 0.05) is 15.8 Å². The maximum atomic E-state index is 13.5. The molecule has 0 aliphatic heterocycles. The van der Waals surface area contributed by atoms with Gasteiger partial charge in [-0.1, -0.05) is 6.07 Å². The van der Waals surface area contributed by atoms with Gasteiger partial charge in [-0.2, -0.15) is 0 Å². The standard InChI is InChI=1S/C15H12FNO3S/c1-9-5-6-10(21-9)7-8-13(18)17-12-4-2-3-11(16)14(12)15(19)20/h2-8H,1H3,(H,17,18)(H,19,20)/b8-7+. The van der Waals surface area contributed by atoms with Gasteiger partial charge in [0.05, 0.1) is 5.69 Å². The molecule has 0 radical (unpaired) electrons. The Labute approximate surface area is 124 Å². The highest BCUT2D eigenvalue weighted by Gasteiger charge is 2.16. The summed E-state index contributed by atoms with van der Waals surface area (Å²) < 4.78 is 13.5. The summed E-state index contributed by atoms with van der Waals surface area (Å²) in [7, 11) is 0. The van der Waals surface area contributed by atoms with Crippen LogP contribution in [0.5, 0.6) is 0 Å². The van der Waals surface area contributed by atoms with Gasteiger partial charge in [-0.05, 0) is 37.3 Å². The Kier molecular flexibility index (Phi) is 4.49. The van der Waals surface area contributed by atoms with Gasteiger partial charge in [-0.3, -0.25) is 4.79 Å². The van der Waals surface area contributed by atoms with E-state index >= 15 is 0 Å². The van der Waals surface area contributed by atoms with Gasteiger partial charge in [0.1, 0.15) is 11.4 Å². The van der Waals surface area contributed by atoms with E-state index in [9.17, 15) is 14.0 Å². The molecule has 0 saturated carbocycles. The predicted molar refractivity (Wildman–Crippen MR) is 80.1 cm³/mol. The van der Waals surface area contributed by atoms with E-state index in [1.807, 2.05) is 19.1 Å². The Morgan fingerprint density at radius 1 is 1.29 bits per heavy atom. The molecule has 2 N–H and O–H groups in total.